The topological polar surface area (TPSA) is 55.9 Å². The van der Waals surface area contributed by atoms with Crippen LogP contribution in [-0.4, -0.2) is 14.9 Å². The minimum Gasteiger partial charge on any atom is -0.364 e. The van der Waals surface area contributed by atoms with Gasteiger partial charge in [0.05, 0.1) is 21.6 Å². The molecule has 2 rings (SSSR count). The van der Waals surface area contributed by atoms with Crippen molar-refractivity contribution in [3.05, 3.63) is 33.9 Å². The Kier molecular flexibility index (Phi) is 3.96. The Morgan fingerprint density at radius 2 is 2.29 bits per heavy atom. The van der Waals surface area contributed by atoms with E-state index in [1.165, 1.54) is 0 Å². The average molecular weight is 299 g/mol. The van der Waals surface area contributed by atoms with E-state index in [1.54, 1.807) is 6.26 Å². The number of aromatic nitrogens is 3. The van der Waals surface area contributed by atoms with E-state index < -0.39 is 0 Å². The van der Waals surface area contributed by atoms with E-state index in [0.29, 0.717) is 6.54 Å². The molecule has 2 aromatic rings. The molecule has 0 aromatic carbocycles. The molecule has 0 atom stereocenters. The zero-order valence-corrected chi connectivity index (χ0v) is 11.5. The molecule has 1 N–H and O–H groups in total. The molecule has 6 heteroatoms. The molecular formula is C11H15BrN4O. The summed E-state index contributed by atoms with van der Waals surface area (Å²) in [6, 6.07) is 1.85. The van der Waals surface area contributed by atoms with E-state index in [1.807, 2.05) is 17.8 Å². The van der Waals surface area contributed by atoms with E-state index in [0.717, 1.165) is 34.5 Å². The first-order valence-corrected chi connectivity index (χ1v) is 6.32. The predicted octanol–water partition coefficient (Wildman–Crippen LogP) is 2.02. The Morgan fingerprint density at radius 3 is 2.88 bits per heavy atom. The third-order valence-corrected chi connectivity index (χ3v) is 3.51. The molecule has 0 saturated heterocycles. The van der Waals surface area contributed by atoms with Gasteiger partial charge in [-0.25, -0.2) is 0 Å². The molecule has 0 fully saturated rings. The van der Waals surface area contributed by atoms with Crippen LogP contribution in [-0.2, 0) is 26.6 Å². The molecule has 0 bridgehead atoms. The Balaban J connectivity index is 1.97. The minimum absolute atomic E-state index is 0.690. The van der Waals surface area contributed by atoms with E-state index in [4.69, 9.17) is 4.52 Å². The van der Waals surface area contributed by atoms with Crippen molar-refractivity contribution in [2.45, 2.75) is 26.4 Å². The molecular weight excluding hydrogens is 284 g/mol. The molecule has 0 spiro atoms. The van der Waals surface area contributed by atoms with Gasteiger partial charge in [0.15, 0.2) is 0 Å². The Hall–Kier alpha value is -1.14. The monoisotopic (exact) mass is 298 g/mol. The molecule has 5 nitrogen and oxygen atoms in total. The fourth-order valence-electron chi connectivity index (χ4n) is 1.65. The van der Waals surface area contributed by atoms with Gasteiger partial charge in [-0.3, -0.25) is 4.68 Å². The third kappa shape index (κ3) is 2.76. The molecule has 92 valence electrons. The summed E-state index contributed by atoms with van der Waals surface area (Å²) >= 11 is 3.58. The number of nitrogens with one attached hydrogen (secondary N) is 1. The number of aryl methyl sites for hydroxylation is 2. The molecule has 17 heavy (non-hydrogen) atoms. The van der Waals surface area contributed by atoms with Gasteiger partial charge in [0, 0.05) is 26.2 Å². The standard InChI is InChI=1S/C11H15BrN4O/c1-3-9-11(12)10(16(2)14-9)7-13-6-8-4-5-17-15-8/h4-5,13H,3,6-7H2,1-2H3. The van der Waals surface area contributed by atoms with Crippen molar-refractivity contribution >= 4 is 15.9 Å². The van der Waals surface area contributed by atoms with Gasteiger partial charge in [-0.2, -0.15) is 5.10 Å². The summed E-state index contributed by atoms with van der Waals surface area (Å²) in [7, 11) is 1.96. The van der Waals surface area contributed by atoms with Gasteiger partial charge >= 0.3 is 0 Å². The molecule has 0 aliphatic carbocycles. The van der Waals surface area contributed by atoms with Crippen LogP contribution in [0.2, 0.25) is 0 Å². The van der Waals surface area contributed by atoms with E-state index in [9.17, 15) is 0 Å². The maximum absolute atomic E-state index is 4.77. The van der Waals surface area contributed by atoms with E-state index in [2.05, 4.69) is 38.4 Å². The summed E-state index contributed by atoms with van der Waals surface area (Å²) in [5.41, 5.74) is 3.13. The summed E-state index contributed by atoms with van der Waals surface area (Å²) in [5.74, 6) is 0. The highest BCUT2D eigenvalue weighted by molar-refractivity contribution is 9.10. The van der Waals surface area contributed by atoms with Gasteiger partial charge in [0.1, 0.15) is 6.26 Å². The molecule has 2 aromatic heterocycles. The number of hydrogen-bond donors (Lipinski definition) is 1. The van der Waals surface area contributed by atoms with Crippen molar-refractivity contribution in [1.82, 2.24) is 20.3 Å². The normalized spacial score (nSPS) is 11.0. The molecule has 0 amide bonds. The van der Waals surface area contributed by atoms with Gasteiger partial charge in [-0.05, 0) is 22.4 Å². The number of halogens is 1. The molecule has 2 heterocycles. The van der Waals surface area contributed by atoms with Crippen molar-refractivity contribution < 1.29 is 4.52 Å². The average Bonchev–Trinajstić information content (AvgIpc) is 2.91. The van der Waals surface area contributed by atoms with Crippen LogP contribution in [0.15, 0.2) is 21.3 Å². The Morgan fingerprint density at radius 1 is 1.47 bits per heavy atom. The lowest BCUT2D eigenvalue weighted by atomic mass is 10.3. The highest BCUT2D eigenvalue weighted by atomic mass is 79.9. The summed E-state index contributed by atoms with van der Waals surface area (Å²) in [6.45, 7) is 3.53. The molecule has 0 radical (unpaired) electrons. The van der Waals surface area contributed by atoms with Crippen LogP contribution in [0.1, 0.15) is 24.0 Å². The predicted molar refractivity (Wildman–Crippen MR) is 67.3 cm³/mol. The van der Waals surface area contributed by atoms with Crippen LogP contribution >= 0.6 is 15.9 Å². The quantitative estimate of drug-likeness (QED) is 0.917. The second-order valence-electron chi connectivity index (χ2n) is 3.78. The second kappa shape index (κ2) is 5.46. The van der Waals surface area contributed by atoms with Gasteiger partial charge in [-0.15, -0.1) is 0 Å². The maximum atomic E-state index is 4.77. The van der Waals surface area contributed by atoms with Gasteiger partial charge in [0.25, 0.3) is 0 Å². The largest absolute Gasteiger partial charge is 0.364 e. The van der Waals surface area contributed by atoms with Crippen molar-refractivity contribution in [3.63, 3.8) is 0 Å². The van der Waals surface area contributed by atoms with Crippen molar-refractivity contribution in [2.75, 3.05) is 0 Å². The van der Waals surface area contributed by atoms with Crippen LogP contribution in [0.4, 0.5) is 0 Å². The summed E-state index contributed by atoms with van der Waals surface area (Å²) in [4.78, 5) is 0. The zero-order valence-electron chi connectivity index (χ0n) is 9.90. The van der Waals surface area contributed by atoms with Gasteiger partial charge < -0.3 is 9.84 Å². The van der Waals surface area contributed by atoms with E-state index >= 15 is 0 Å². The number of hydrogen-bond acceptors (Lipinski definition) is 4. The van der Waals surface area contributed by atoms with Crippen LogP contribution in [0.3, 0.4) is 0 Å². The van der Waals surface area contributed by atoms with Crippen molar-refractivity contribution in [3.8, 4) is 0 Å². The smallest absolute Gasteiger partial charge is 0.124 e. The maximum Gasteiger partial charge on any atom is 0.124 e. The first kappa shape index (κ1) is 12.3. The first-order valence-electron chi connectivity index (χ1n) is 5.52. The van der Waals surface area contributed by atoms with Gasteiger partial charge in [0.2, 0.25) is 0 Å². The third-order valence-electron chi connectivity index (χ3n) is 2.59. The van der Waals surface area contributed by atoms with E-state index in [-0.39, 0.29) is 0 Å². The van der Waals surface area contributed by atoms with Crippen molar-refractivity contribution in [2.24, 2.45) is 7.05 Å². The lowest BCUT2D eigenvalue weighted by Gasteiger charge is -2.03. The lowest BCUT2D eigenvalue weighted by molar-refractivity contribution is 0.408. The highest BCUT2D eigenvalue weighted by Crippen LogP contribution is 2.21. The SMILES string of the molecule is CCc1nn(C)c(CNCc2ccon2)c1Br. The minimum atomic E-state index is 0.690. The molecule has 0 saturated carbocycles. The summed E-state index contributed by atoms with van der Waals surface area (Å²) < 4.78 is 7.76. The van der Waals surface area contributed by atoms with Crippen LogP contribution in [0.25, 0.3) is 0 Å². The summed E-state index contributed by atoms with van der Waals surface area (Å²) in [5, 5.41) is 11.6. The van der Waals surface area contributed by atoms with Crippen LogP contribution < -0.4 is 5.32 Å². The molecule has 0 unspecified atom stereocenters. The Labute approximate surface area is 108 Å². The fraction of sp³-hybridized carbons (Fsp3) is 0.455. The number of nitrogens with zero attached hydrogens (tertiary/aromatic N) is 3. The molecule has 0 aliphatic heterocycles. The fourth-order valence-corrected chi connectivity index (χ4v) is 2.41. The summed E-state index contributed by atoms with van der Waals surface area (Å²) in [6.07, 6.45) is 2.50. The Bertz CT molecular complexity index is 478. The van der Waals surface area contributed by atoms with Crippen LogP contribution in [0, 0.1) is 0 Å². The highest BCUT2D eigenvalue weighted by Gasteiger charge is 2.11. The van der Waals surface area contributed by atoms with Gasteiger partial charge in [-0.1, -0.05) is 12.1 Å². The zero-order chi connectivity index (χ0) is 12.3. The first-order chi connectivity index (χ1) is 8.22. The second-order valence-corrected chi connectivity index (χ2v) is 4.57. The van der Waals surface area contributed by atoms with Crippen LogP contribution in [0.5, 0.6) is 0 Å². The lowest BCUT2D eigenvalue weighted by Crippen LogP contribution is -2.15. The van der Waals surface area contributed by atoms with Crippen molar-refractivity contribution in [1.29, 1.82) is 0 Å². The number of rotatable bonds is 5. The molecule has 0 aliphatic rings.